The van der Waals surface area contributed by atoms with Crippen LogP contribution in [0.1, 0.15) is 24.8 Å². The predicted molar refractivity (Wildman–Crippen MR) is 85.0 cm³/mol. The number of halogens is 3. The Morgan fingerprint density at radius 1 is 1.04 bits per heavy atom. The fourth-order valence-corrected chi connectivity index (χ4v) is 2.82. The molecule has 1 saturated heterocycles. The summed E-state index contributed by atoms with van der Waals surface area (Å²) in [6, 6.07) is 7.42. The van der Waals surface area contributed by atoms with E-state index in [1.165, 1.54) is 12.5 Å². The number of aromatic nitrogens is 1. The van der Waals surface area contributed by atoms with Gasteiger partial charge >= 0.3 is 6.18 Å². The number of piperidine rings is 1. The van der Waals surface area contributed by atoms with Crippen molar-refractivity contribution in [1.82, 2.24) is 4.98 Å². The van der Waals surface area contributed by atoms with Crippen LogP contribution in [-0.4, -0.2) is 18.1 Å². The van der Waals surface area contributed by atoms with Gasteiger partial charge in [-0.3, -0.25) is 4.98 Å². The zero-order valence-electron chi connectivity index (χ0n) is 12.6. The van der Waals surface area contributed by atoms with E-state index < -0.39 is 11.7 Å². The Hall–Kier alpha value is -2.24. The fraction of sp³-hybridized carbons (Fsp3) is 0.353. The van der Waals surface area contributed by atoms with E-state index in [1.807, 2.05) is 0 Å². The number of hydrogen-bond donors (Lipinski definition) is 1. The van der Waals surface area contributed by atoms with Gasteiger partial charge in [-0.15, -0.1) is 0 Å². The number of nitrogens with zero attached hydrogens (tertiary/aromatic N) is 2. The molecule has 0 saturated carbocycles. The van der Waals surface area contributed by atoms with E-state index in [1.54, 1.807) is 30.6 Å². The standard InChI is InChI=1S/C17H18F3N3/c18-17(19,20)13-6-7-16(23-9-2-1-3-10-23)15(11-13)22-14-5-4-8-21-12-14/h4-8,11-12,22H,1-3,9-10H2. The molecule has 1 fully saturated rings. The van der Waals surface area contributed by atoms with Crippen LogP contribution in [0.2, 0.25) is 0 Å². The van der Waals surface area contributed by atoms with Crippen molar-refractivity contribution in [2.24, 2.45) is 0 Å². The van der Waals surface area contributed by atoms with E-state index in [-0.39, 0.29) is 0 Å². The third kappa shape index (κ3) is 3.75. The van der Waals surface area contributed by atoms with Gasteiger partial charge in [0.2, 0.25) is 0 Å². The van der Waals surface area contributed by atoms with Gasteiger partial charge in [-0.05, 0) is 49.6 Å². The van der Waals surface area contributed by atoms with Crippen molar-refractivity contribution in [3.63, 3.8) is 0 Å². The smallest absolute Gasteiger partial charge is 0.370 e. The zero-order chi connectivity index (χ0) is 16.3. The van der Waals surface area contributed by atoms with Crippen molar-refractivity contribution in [3.8, 4) is 0 Å². The monoisotopic (exact) mass is 321 g/mol. The molecule has 1 aromatic carbocycles. The minimum absolute atomic E-state index is 0.467. The molecule has 3 rings (SSSR count). The largest absolute Gasteiger partial charge is 0.416 e. The van der Waals surface area contributed by atoms with Gasteiger partial charge in [-0.2, -0.15) is 13.2 Å². The van der Waals surface area contributed by atoms with Crippen LogP contribution in [0.15, 0.2) is 42.7 Å². The molecular weight excluding hydrogens is 303 g/mol. The Morgan fingerprint density at radius 3 is 2.48 bits per heavy atom. The Balaban J connectivity index is 1.97. The highest BCUT2D eigenvalue weighted by molar-refractivity contribution is 5.76. The molecular formula is C17H18F3N3. The van der Waals surface area contributed by atoms with Crippen LogP contribution in [-0.2, 0) is 6.18 Å². The summed E-state index contributed by atoms with van der Waals surface area (Å²) in [5.74, 6) is 0. The summed E-state index contributed by atoms with van der Waals surface area (Å²) in [7, 11) is 0. The maximum Gasteiger partial charge on any atom is 0.416 e. The summed E-state index contributed by atoms with van der Waals surface area (Å²) >= 11 is 0. The minimum atomic E-state index is -4.36. The van der Waals surface area contributed by atoms with E-state index in [0.29, 0.717) is 11.4 Å². The van der Waals surface area contributed by atoms with Crippen molar-refractivity contribution in [2.45, 2.75) is 25.4 Å². The van der Waals surface area contributed by atoms with Gasteiger partial charge in [-0.25, -0.2) is 0 Å². The van der Waals surface area contributed by atoms with E-state index in [4.69, 9.17) is 0 Å². The lowest BCUT2D eigenvalue weighted by Gasteiger charge is -2.31. The number of pyridine rings is 1. The van der Waals surface area contributed by atoms with Gasteiger partial charge in [-0.1, -0.05) is 0 Å². The van der Waals surface area contributed by atoms with Crippen molar-refractivity contribution < 1.29 is 13.2 Å². The Bertz CT molecular complexity index is 650. The molecule has 3 nitrogen and oxygen atoms in total. The van der Waals surface area contributed by atoms with Gasteiger partial charge < -0.3 is 10.2 Å². The third-order valence-corrected chi connectivity index (χ3v) is 3.96. The lowest BCUT2D eigenvalue weighted by Crippen LogP contribution is -2.30. The summed E-state index contributed by atoms with van der Waals surface area (Å²) in [5, 5.41) is 3.08. The summed E-state index contributed by atoms with van der Waals surface area (Å²) in [6.45, 7) is 1.74. The molecule has 122 valence electrons. The van der Waals surface area contributed by atoms with E-state index in [2.05, 4.69) is 15.2 Å². The molecule has 0 amide bonds. The third-order valence-electron chi connectivity index (χ3n) is 3.96. The number of alkyl halides is 3. The lowest BCUT2D eigenvalue weighted by molar-refractivity contribution is -0.137. The minimum Gasteiger partial charge on any atom is -0.370 e. The molecule has 1 aromatic heterocycles. The number of nitrogens with one attached hydrogen (secondary N) is 1. The molecule has 6 heteroatoms. The molecule has 0 aliphatic carbocycles. The van der Waals surface area contributed by atoms with E-state index in [0.717, 1.165) is 37.7 Å². The normalized spacial score (nSPS) is 15.5. The molecule has 1 aliphatic heterocycles. The van der Waals surface area contributed by atoms with Gasteiger partial charge in [0.15, 0.2) is 0 Å². The molecule has 1 aliphatic rings. The van der Waals surface area contributed by atoms with Crippen molar-refractivity contribution in [3.05, 3.63) is 48.3 Å². The average Bonchev–Trinajstić information content (AvgIpc) is 2.56. The van der Waals surface area contributed by atoms with Crippen LogP contribution in [0.3, 0.4) is 0 Å². The van der Waals surface area contributed by atoms with Crippen LogP contribution >= 0.6 is 0 Å². The molecule has 0 radical (unpaired) electrons. The van der Waals surface area contributed by atoms with Crippen LogP contribution in [0.5, 0.6) is 0 Å². The fourth-order valence-electron chi connectivity index (χ4n) is 2.82. The molecule has 0 bridgehead atoms. The second kappa shape index (κ2) is 6.48. The maximum absolute atomic E-state index is 13.0. The average molecular weight is 321 g/mol. The topological polar surface area (TPSA) is 28.2 Å². The van der Waals surface area contributed by atoms with Gasteiger partial charge in [0, 0.05) is 19.3 Å². The van der Waals surface area contributed by atoms with E-state index >= 15 is 0 Å². The number of hydrogen-bond acceptors (Lipinski definition) is 3. The zero-order valence-corrected chi connectivity index (χ0v) is 12.6. The molecule has 0 atom stereocenters. The molecule has 0 unspecified atom stereocenters. The van der Waals surface area contributed by atoms with Crippen LogP contribution < -0.4 is 10.2 Å². The molecule has 23 heavy (non-hydrogen) atoms. The number of anilines is 3. The summed E-state index contributed by atoms with van der Waals surface area (Å²) in [6.07, 6.45) is 2.16. The van der Waals surface area contributed by atoms with Crippen molar-refractivity contribution >= 4 is 17.1 Å². The molecule has 2 aromatic rings. The summed E-state index contributed by atoms with van der Waals surface area (Å²) in [4.78, 5) is 6.14. The molecule has 2 heterocycles. The first-order chi connectivity index (χ1) is 11.0. The number of benzene rings is 1. The van der Waals surface area contributed by atoms with Crippen LogP contribution in [0.25, 0.3) is 0 Å². The first-order valence-electron chi connectivity index (χ1n) is 7.67. The van der Waals surface area contributed by atoms with Crippen LogP contribution in [0.4, 0.5) is 30.2 Å². The van der Waals surface area contributed by atoms with Crippen molar-refractivity contribution in [1.29, 1.82) is 0 Å². The highest BCUT2D eigenvalue weighted by Gasteiger charge is 2.31. The summed E-state index contributed by atoms with van der Waals surface area (Å²) < 4.78 is 39.1. The lowest BCUT2D eigenvalue weighted by atomic mass is 10.1. The van der Waals surface area contributed by atoms with Crippen molar-refractivity contribution in [2.75, 3.05) is 23.3 Å². The Morgan fingerprint density at radius 2 is 1.83 bits per heavy atom. The highest BCUT2D eigenvalue weighted by atomic mass is 19.4. The Labute approximate surface area is 133 Å². The second-order valence-corrected chi connectivity index (χ2v) is 5.64. The molecule has 1 N–H and O–H groups in total. The Kier molecular flexibility index (Phi) is 4.41. The highest BCUT2D eigenvalue weighted by Crippen LogP contribution is 2.37. The first kappa shape index (κ1) is 15.6. The quantitative estimate of drug-likeness (QED) is 0.877. The van der Waals surface area contributed by atoms with Gasteiger partial charge in [0.25, 0.3) is 0 Å². The summed E-state index contributed by atoms with van der Waals surface area (Å²) in [5.41, 5.74) is 1.30. The SMILES string of the molecule is FC(F)(F)c1ccc(N2CCCCC2)c(Nc2cccnc2)c1. The second-order valence-electron chi connectivity index (χ2n) is 5.64. The first-order valence-corrected chi connectivity index (χ1v) is 7.67. The van der Waals surface area contributed by atoms with Gasteiger partial charge in [0.05, 0.1) is 28.8 Å². The molecule has 0 spiro atoms. The van der Waals surface area contributed by atoms with Gasteiger partial charge in [0.1, 0.15) is 0 Å². The number of rotatable bonds is 3. The van der Waals surface area contributed by atoms with E-state index in [9.17, 15) is 13.2 Å². The predicted octanol–water partition coefficient (Wildman–Crippen LogP) is 4.83. The maximum atomic E-state index is 13.0. The van der Waals surface area contributed by atoms with Crippen LogP contribution in [0, 0.1) is 0 Å².